The Bertz CT molecular complexity index is 1300. The zero-order chi connectivity index (χ0) is 23.2. The van der Waals surface area contributed by atoms with E-state index in [9.17, 15) is 8.78 Å². The molecule has 2 saturated carbocycles. The Morgan fingerprint density at radius 2 is 1.82 bits per heavy atom. The average molecular weight is 482 g/mol. The molecule has 0 atom stereocenters. The molecule has 8 heteroatoms. The van der Waals surface area contributed by atoms with Crippen molar-refractivity contribution in [3.8, 4) is 5.69 Å². The van der Waals surface area contributed by atoms with Crippen LogP contribution in [0.15, 0.2) is 30.3 Å². The van der Waals surface area contributed by atoms with Crippen LogP contribution in [0.2, 0.25) is 5.02 Å². The molecule has 176 valence electrons. The van der Waals surface area contributed by atoms with Crippen LogP contribution in [0.3, 0.4) is 0 Å². The molecule has 1 saturated heterocycles. The van der Waals surface area contributed by atoms with Crippen molar-refractivity contribution in [3.05, 3.63) is 69.8 Å². The fourth-order valence-corrected chi connectivity index (χ4v) is 6.49. The largest absolute Gasteiger partial charge is 0.366 e. The lowest BCUT2D eigenvalue weighted by Crippen LogP contribution is -2.62. The normalized spacial score (nSPS) is 21.6. The molecule has 2 aliphatic heterocycles. The zero-order valence-electron chi connectivity index (χ0n) is 19.1. The van der Waals surface area contributed by atoms with Gasteiger partial charge in [0.25, 0.3) is 0 Å². The second kappa shape index (κ2) is 7.25. The smallest absolute Gasteiger partial charge is 0.152 e. The number of nitrogens with zero attached hydrogens (tertiary/aromatic N) is 5. The van der Waals surface area contributed by atoms with Gasteiger partial charge in [-0.2, -0.15) is 0 Å². The summed E-state index contributed by atoms with van der Waals surface area (Å²) in [5, 5.41) is 10.0. The van der Waals surface area contributed by atoms with Crippen LogP contribution < -0.4 is 4.90 Å². The number of rotatable bonds is 3. The standard InChI is InChI=1S/C26H26ClF2N5/c1-15-2-6-20(28)24(23(15)29)33-13-26(14-33)9-17(10-26)25-31-30-22-12-32(19-4-5-19)11-16-8-18(27)3-7-21(16)34(22)25/h2-3,6-8,17,19H,4-5,9-14H2,1H3. The SMILES string of the molecule is Cc1ccc(F)c(N2CC3(CC(c4nnc5n4-c4ccc(Cl)cc4CN(C4CC4)C5)C3)C2)c1F. The Morgan fingerprint density at radius 1 is 1.03 bits per heavy atom. The second-order valence-corrected chi connectivity index (χ2v) is 11.1. The number of aryl methyl sites for hydroxylation is 1. The van der Waals surface area contributed by atoms with Crippen LogP contribution in [-0.4, -0.2) is 38.8 Å². The first-order chi connectivity index (χ1) is 16.4. The van der Waals surface area contributed by atoms with Crippen LogP contribution in [0, 0.1) is 24.0 Å². The monoisotopic (exact) mass is 481 g/mol. The van der Waals surface area contributed by atoms with Gasteiger partial charge in [-0.05, 0) is 68.0 Å². The predicted octanol–water partition coefficient (Wildman–Crippen LogP) is 5.37. The number of fused-ring (bicyclic) bond motifs is 3. The summed E-state index contributed by atoms with van der Waals surface area (Å²) < 4.78 is 31.2. The maximum Gasteiger partial charge on any atom is 0.152 e. The average Bonchev–Trinajstić information content (AvgIpc) is 3.54. The maximum absolute atomic E-state index is 14.6. The summed E-state index contributed by atoms with van der Waals surface area (Å²) in [5.41, 5.74) is 3.05. The van der Waals surface area contributed by atoms with Gasteiger partial charge in [0.15, 0.2) is 11.6 Å². The second-order valence-electron chi connectivity index (χ2n) is 10.7. The highest BCUT2D eigenvalue weighted by Crippen LogP contribution is 2.57. The quantitative estimate of drug-likeness (QED) is 0.504. The van der Waals surface area contributed by atoms with E-state index in [-0.39, 0.29) is 11.1 Å². The van der Waals surface area contributed by atoms with Gasteiger partial charge in [-0.1, -0.05) is 17.7 Å². The van der Waals surface area contributed by atoms with Crippen molar-refractivity contribution in [3.63, 3.8) is 0 Å². The number of benzene rings is 2. The van der Waals surface area contributed by atoms with Gasteiger partial charge in [0.05, 0.1) is 12.2 Å². The molecule has 34 heavy (non-hydrogen) atoms. The van der Waals surface area contributed by atoms with Gasteiger partial charge in [-0.25, -0.2) is 8.78 Å². The maximum atomic E-state index is 14.6. The minimum Gasteiger partial charge on any atom is -0.366 e. The summed E-state index contributed by atoms with van der Waals surface area (Å²) in [6, 6.07) is 9.58. The molecule has 5 nitrogen and oxygen atoms in total. The fraction of sp³-hybridized carbons (Fsp3) is 0.462. The predicted molar refractivity (Wildman–Crippen MR) is 126 cm³/mol. The lowest BCUT2D eigenvalue weighted by molar-refractivity contribution is 0.0577. The van der Waals surface area contributed by atoms with Crippen molar-refractivity contribution in [2.24, 2.45) is 5.41 Å². The van der Waals surface area contributed by atoms with Gasteiger partial charge in [-0.15, -0.1) is 10.2 Å². The third-order valence-electron chi connectivity index (χ3n) is 8.17. The van der Waals surface area contributed by atoms with Gasteiger partial charge in [0.2, 0.25) is 0 Å². The first-order valence-corrected chi connectivity index (χ1v) is 12.5. The minimum atomic E-state index is -0.480. The van der Waals surface area contributed by atoms with Crippen molar-refractivity contribution in [2.45, 2.75) is 57.7 Å². The van der Waals surface area contributed by atoms with E-state index in [0.717, 1.165) is 48.3 Å². The van der Waals surface area contributed by atoms with E-state index in [2.05, 4.69) is 31.8 Å². The van der Waals surface area contributed by atoms with E-state index in [4.69, 9.17) is 11.6 Å². The van der Waals surface area contributed by atoms with Gasteiger partial charge < -0.3 is 4.90 Å². The molecule has 4 aliphatic rings. The number of hydrogen-bond donors (Lipinski definition) is 0. The van der Waals surface area contributed by atoms with E-state index in [1.54, 1.807) is 6.92 Å². The molecule has 3 heterocycles. The van der Waals surface area contributed by atoms with Gasteiger partial charge in [0.1, 0.15) is 17.3 Å². The molecule has 0 bridgehead atoms. The summed E-state index contributed by atoms with van der Waals surface area (Å²) in [7, 11) is 0. The van der Waals surface area contributed by atoms with E-state index >= 15 is 0 Å². The van der Waals surface area contributed by atoms with Crippen molar-refractivity contribution < 1.29 is 8.78 Å². The molecule has 7 rings (SSSR count). The third-order valence-corrected chi connectivity index (χ3v) is 8.41. The summed E-state index contributed by atoms with van der Waals surface area (Å²) in [5.74, 6) is 1.37. The van der Waals surface area contributed by atoms with Gasteiger partial charge >= 0.3 is 0 Å². The molecule has 1 spiro atoms. The number of hydrogen-bond acceptors (Lipinski definition) is 4. The highest BCUT2D eigenvalue weighted by molar-refractivity contribution is 6.30. The van der Waals surface area contributed by atoms with Crippen LogP contribution in [0.1, 0.15) is 54.4 Å². The fourth-order valence-electron chi connectivity index (χ4n) is 6.29. The van der Waals surface area contributed by atoms with E-state index < -0.39 is 11.6 Å². The van der Waals surface area contributed by atoms with Crippen molar-refractivity contribution in [2.75, 3.05) is 18.0 Å². The summed E-state index contributed by atoms with van der Waals surface area (Å²) in [6.45, 7) is 4.72. The number of anilines is 1. The molecule has 3 fully saturated rings. The first kappa shape index (κ1) is 20.8. The molecule has 1 aromatic heterocycles. The molecule has 2 aromatic carbocycles. The molecule has 0 radical (unpaired) electrons. The molecular weight excluding hydrogens is 456 g/mol. The topological polar surface area (TPSA) is 37.2 Å². The van der Waals surface area contributed by atoms with Crippen LogP contribution in [-0.2, 0) is 13.1 Å². The summed E-state index contributed by atoms with van der Waals surface area (Å²) in [4.78, 5) is 4.34. The minimum absolute atomic E-state index is 0.104. The third kappa shape index (κ3) is 3.13. The molecule has 0 unspecified atom stereocenters. The molecule has 2 aliphatic carbocycles. The summed E-state index contributed by atoms with van der Waals surface area (Å²) >= 11 is 6.36. The highest BCUT2D eigenvalue weighted by atomic mass is 35.5. The van der Waals surface area contributed by atoms with Crippen molar-refractivity contribution in [1.82, 2.24) is 19.7 Å². The van der Waals surface area contributed by atoms with Crippen LogP contribution in [0.4, 0.5) is 14.5 Å². The molecule has 0 N–H and O–H groups in total. The Morgan fingerprint density at radius 3 is 2.59 bits per heavy atom. The Hall–Kier alpha value is -2.51. The Kier molecular flexibility index (Phi) is 4.44. The number of aromatic nitrogens is 3. The van der Waals surface area contributed by atoms with E-state index in [0.29, 0.717) is 30.6 Å². The van der Waals surface area contributed by atoms with Crippen LogP contribution >= 0.6 is 11.6 Å². The van der Waals surface area contributed by atoms with Crippen LogP contribution in [0.25, 0.3) is 5.69 Å². The van der Waals surface area contributed by atoms with Gasteiger partial charge in [0, 0.05) is 42.0 Å². The van der Waals surface area contributed by atoms with E-state index in [1.807, 2.05) is 11.0 Å². The lowest BCUT2D eigenvalue weighted by atomic mass is 9.57. The molecule has 3 aromatic rings. The first-order valence-electron chi connectivity index (χ1n) is 12.1. The molecular formula is C26H26ClF2N5. The lowest BCUT2D eigenvalue weighted by Gasteiger charge is -2.59. The zero-order valence-corrected chi connectivity index (χ0v) is 19.8. The van der Waals surface area contributed by atoms with Crippen LogP contribution in [0.5, 0.6) is 0 Å². The summed E-state index contributed by atoms with van der Waals surface area (Å²) in [6.07, 6.45) is 4.40. The number of halogens is 3. The van der Waals surface area contributed by atoms with Crippen molar-refractivity contribution >= 4 is 17.3 Å². The Balaban J connectivity index is 1.14. The highest BCUT2D eigenvalue weighted by Gasteiger charge is 2.55. The van der Waals surface area contributed by atoms with Crippen molar-refractivity contribution in [1.29, 1.82) is 0 Å². The van der Waals surface area contributed by atoms with Gasteiger partial charge in [-0.3, -0.25) is 9.47 Å². The Labute approximate surface area is 202 Å². The molecule has 0 amide bonds. The van der Waals surface area contributed by atoms with E-state index in [1.165, 1.54) is 30.5 Å².